The molecule has 0 aromatic carbocycles. The van der Waals surface area contributed by atoms with E-state index in [9.17, 15) is 18.9 Å². The van der Waals surface area contributed by atoms with Crippen LogP contribution in [0.4, 0.5) is 0 Å². The molecule has 3 aromatic heterocycles. The van der Waals surface area contributed by atoms with E-state index in [0.29, 0.717) is 20.4 Å². The van der Waals surface area contributed by atoms with E-state index in [2.05, 4.69) is 0 Å². The van der Waals surface area contributed by atoms with E-state index in [1.54, 1.807) is 36.7 Å². The highest BCUT2D eigenvalue weighted by molar-refractivity contribution is 7.68. The number of aromatic nitrogens is 2. The van der Waals surface area contributed by atoms with Gasteiger partial charge in [-0.2, -0.15) is 0 Å². The third-order valence-electron chi connectivity index (χ3n) is 4.43. The van der Waals surface area contributed by atoms with Gasteiger partial charge in [0.2, 0.25) is 0 Å². The summed E-state index contributed by atoms with van der Waals surface area (Å²) in [7, 11) is -3.61. The van der Waals surface area contributed by atoms with Gasteiger partial charge in [-0.3, -0.25) is 23.3 Å². The van der Waals surface area contributed by atoms with E-state index in [-0.39, 0.29) is 26.3 Å². The molecule has 0 aliphatic heterocycles. The van der Waals surface area contributed by atoms with Crippen LogP contribution in [0.15, 0.2) is 32.5 Å². The average molecular weight is 487 g/mol. The molecule has 3 aromatic rings. The lowest BCUT2D eigenvalue weighted by atomic mass is 10.3. The first-order valence-corrected chi connectivity index (χ1v) is 12.7. The Morgan fingerprint density at radius 3 is 2.42 bits per heavy atom. The van der Waals surface area contributed by atoms with Gasteiger partial charge in [0.25, 0.3) is 5.56 Å². The van der Waals surface area contributed by atoms with E-state index < -0.39 is 30.9 Å². The standard InChI is InChI=1S/C18H22N3O7PS2/c1-3-27-29(26,28-4-2)17-11(5-7-31-17)9-21-15(22)14-13(6-8-30-14)20(18(21)25)10-12(19)16(23)24/h5-8,12H,3-4,9-10,19H2,1-2H3,(H,23,24)/t12-/m0/s1. The van der Waals surface area contributed by atoms with Gasteiger partial charge in [0.05, 0.1) is 31.8 Å². The van der Waals surface area contributed by atoms with Gasteiger partial charge in [-0.15, -0.1) is 22.7 Å². The summed E-state index contributed by atoms with van der Waals surface area (Å²) in [5.41, 5.74) is 5.20. The Morgan fingerprint density at radius 2 is 1.81 bits per heavy atom. The van der Waals surface area contributed by atoms with Gasteiger partial charge in [-0.1, -0.05) is 0 Å². The van der Waals surface area contributed by atoms with E-state index in [1.165, 1.54) is 4.57 Å². The predicted molar refractivity (Wildman–Crippen MR) is 120 cm³/mol. The molecule has 0 bridgehead atoms. The van der Waals surface area contributed by atoms with Crippen molar-refractivity contribution in [3.8, 4) is 0 Å². The average Bonchev–Trinajstić information content (AvgIpc) is 3.38. The minimum absolute atomic E-state index is 0.162. The summed E-state index contributed by atoms with van der Waals surface area (Å²) in [6.07, 6.45) is 0. The zero-order valence-electron chi connectivity index (χ0n) is 16.8. The molecule has 0 aliphatic rings. The van der Waals surface area contributed by atoms with Gasteiger partial charge in [-0.05, 0) is 42.3 Å². The lowest BCUT2D eigenvalue weighted by Gasteiger charge is -2.18. The number of nitrogens with two attached hydrogens (primary N) is 1. The molecule has 0 aliphatic carbocycles. The lowest BCUT2D eigenvalue weighted by molar-refractivity contribution is -0.138. The van der Waals surface area contributed by atoms with Crippen molar-refractivity contribution in [2.45, 2.75) is 33.0 Å². The second kappa shape index (κ2) is 9.60. The topological polar surface area (TPSA) is 143 Å². The van der Waals surface area contributed by atoms with Crippen LogP contribution in [-0.4, -0.2) is 39.5 Å². The number of nitrogens with zero attached hydrogens (tertiary/aromatic N) is 2. The number of hydrogen-bond acceptors (Lipinski definition) is 9. The molecule has 0 spiro atoms. The van der Waals surface area contributed by atoms with Crippen LogP contribution in [-0.2, 0) is 31.5 Å². The van der Waals surface area contributed by atoms with Gasteiger partial charge >= 0.3 is 19.3 Å². The lowest BCUT2D eigenvalue weighted by Crippen LogP contribution is -2.44. The summed E-state index contributed by atoms with van der Waals surface area (Å²) < 4.78 is 26.8. The molecule has 3 N–H and O–H groups in total. The minimum atomic E-state index is -3.61. The molecule has 3 rings (SSSR count). The zero-order chi connectivity index (χ0) is 22.8. The Balaban J connectivity index is 2.13. The first-order valence-electron chi connectivity index (χ1n) is 9.38. The third kappa shape index (κ3) is 4.59. The maximum atomic E-state index is 13.2. The molecule has 31 heavy (non-hydrogen) atoms. The van der Waals surface area contributed by atoms with Crippen molar-refractivity contribution in [3.63, 3.8) is 0 Å². The summed E-state index contributed by atoms with van der Waals surface area (Å²) >= 11 is 2.30. The van der Waals surface area contributed by atoms with Crippen molar-refractivity contribution in [3.05, 3.63) is 49.3 Å². The Kier molecular flexibility index (Phi) is 7.30. The van der Waals surface area contributed by atoms with E-state index >= 15 is 0 Å². The quantitative estimate of drug-likeness (QED) is 0.411. The molecule has 0 radical (unpaired) electrons. The number of fused-ring (bicyclic) bond motifs is 1. The molecule has 3 heterocycles. The SMILES string of the molecule is CCOP(=O)(OCC)c1sccc1Cn1c(=O)c2sccc2n(C[C@H](N)C(=O)O)c1=O. The van der Waals surface area contributed by atoms with Crippen molar-refractivity contribution >= 4 is 51.1 Å². The molecule has 0 unspecified atom stereocenters. The molecule has 1 atom stereocenters. The fourth-order valence-corrected chi connectivity index (χ4v) is 7.07. The highest BCUT2D eigenvalue weighted by Crippen LogP contribution is 2.49. The normalized spacial score (nSPS) is 13.0. The number of carboxylic acids is 1. The van der Waals surface area contributed by atoms with E-state index in [1.807, 2.05) is 0 Å². The molecule has 10 nitrogen and oxygen atoms in total. The largest absolute Gasteiger partial charge is 0.480 e. The van der Waals surface area contributed by atoms with Gasteiger partial charge < -0.3 is 19.9 Å². The zero-order valence-corrected chi connectivity index (χ0v) is 19.4. The van der Waals surface area contributed by atoms with Crippen LogP contribution in [0.1, 0.15) is 19.4 Å². The Labute approximate surface area is 185 Å². The Morgan fingerprint density at radius 1 is 1.16 bits per heavy atom. The van der Waals surface area contributed by atoms with E-state index in [4.69, 9.17) is 19.9 Å². The smallest absolute Gasteiger partial charge is 0.371 e. The monoisotopic (exact) mass is 487 g/mol. The van der Waals surface area contributed by atoms with Crippen LogP contribution in [0, 0.1) is 0 Å². The van der Waals surface area contributed by atoms with Crippen LogP contribution < -0.4 is 21.6 Å². The third-order valence-corrected chi connectivity index (χ3v) is 9.05. The van der Waals surface area contributed by atoms with Crippen molar-refractivity contribution < 1.29 is 23.5 Å². The maximum absolute atomic E-state index is 13.2. The molecule has 0 saturated carbocycles. The van der Waals surface area contributed by atoms with Gasteiger partial charge in [0.1, 0.15) is 15.4 Å². The molecular weight excluding hydrogens is 465 g/mol. The summed E-state index contributed by atoms with van der Waals surface area (Å²) in [6, 6.07) is 1.91. The second-order valence-corrected chi connectivity index (χ2v) is 10.5. The van der Waals surface area contributed by atoms with Crippen LogP contribution in [0.2, 0.25) is 0 Å². The molecule has 0 saturated heterocycles. The summed E-state index contributed by atoms with van der Waals surface area (Å²) in [6.45, 7) is 3.24. The molecular formula is C18H22N3O7PS2. The van der Waals surface area contributed by atoms with Crippen LogP contribution in [0.5, 0.6) is 0 Å². The highest BCUT2D eigenvalue weighted by atomic mass is 32.1. The minimum Gasteiger partial charge on any atom is -0.480 e. The van der Waals surface area contributed by atoms with Gasteiger partial charge in [0.15, 0.2) is 0 Å². The molecule has 0 fully saturated rings. The van der Waals surface area contributed by atoms with Crippen molar-refractivity contribution in [2.75, 3.05) is 13.2 Å². The number of carboxylic acid groups (broad SMARTS) is 1. The first-order chi connectivity index (χ1) is 14.7. The number of carbonyl (C=O) groups is 1. The van der Waals surface area contributed by atoms with Crippen molar-refractivity contribution in [1.82, 2.24) is 9.13 Å². The summed E-state index contributed by atoms with van der Waals surface area (Å²) in [4.78, 5) is 37.4. The van der Waals surface area contributed by atoms with E-state index in [0.717, 1.165) is 27.2 Å². The number of aliphatic carboxylic acids is 1. The van der Waals surface area contributed by atoms with Gasteiger partial charge in [-0.25, -0.2) is 4.79 Å². The fraction of sp³-hybridized carbons (Fsp3) is 0.389. The Bertz CT molecular complexity index is 1250. The number of hydrogen-bond donors (Lipinski definition) is 2. The molecule has 13 heteroatoms. The highest BCUT2D eigenvalue weighted by Gasteiger charge is 2.31. The fourth-order valence-electron chi connectivity index (χ4n) is 3.08. The Hall–Kier alpha value is -2.08. The van der Waals surface area contributed by atoms with Crippen LogP contribution in [0.3, 0.4) is 0 Å². The van der Waals surface area contributed by atoms with Crippen molar-refractivity contribution in [1.29, 1.82) is 0 Å². The molecule has 0 amide bonds. The summed E-state index contributed by atoms with van der Waals surface area (Å²) in [5, 5.41) is 12.5. The number of thiophene rings is 2. The second-order valence-electron chi connectivity index (χ2n) is 6.45. The van der Waals surface area contributed by atoms with Gasteiger partial charge in [0, 0.05) is 0 Å². The maximum Gasteiger partial charge on any atom is 0.371 e. The summed E-state index contributed by atoms with van der Waals surface area (Å²) in [5.74, 6) is -1.26. The van der Waals surface area contributed by atoms with Crippen LogP contribution >= 0.6 is 30.3 Å². The van der Waals surface area contributed by atoms with Crippen molar-refractivity contribution in [2.24, 2.45) is 5.73 Å². The first kappa shape index (κ1) is 23.6. The predicted octanol–water partition coefficient (Wildman–Crippen LogP) is 1.64. The van der Waals surface area contributed by atoms with Crippen LogP contribution in [0.25, 0.3) is 10.2 Å². The molecule has 168 valence electrons. The number of rotatable bonds is 10.